The Kier molecular flexibility index (Phi) is 4.15. The van der Waals surface area contributed by atoms with Crippen LogP contribution in [0.15, 0.2) is 30.3 Å². The Bertz CT molecular complexity index is 358. The van der Waals surface area contributed by atoms with Crippen molar-refractivity contribution >= 4 is 5.84 Å². The molecular formula is C14H20N2O. The molecule has 0 aromatic heterocycles. The second-order valence-corrected chi connectivity index (χ2v) is 4.75. The Balaban J connectivity index is 1.90. The van der Waals surface area contributed by atoms with Gasteiger partial charge in [-0.2, -0.15) is 0 Å². The summed E-state index contributed by atoms with van der Waals surface area (Å²) in [5, 5.41) is 19.1. The van der Waals surface area contributed by atoms with Crippen LogP contribution in [0.2, 0.25) is 0 Å². The van der Waals surface area contributed by atoms with Crippen LogP contribution in [0.5, 0.6) is 0 Å². The maximum Gasteiger partial charge on any atom is 0.125 e. The van der Waals surface area contributed by atoms with E-state index in [1.54, 1.807) is 0 Å². The van der Waals surface area contributed by atoms with Crippen molar-refractivity contribution in [3.05, 3.63) is 35.9 Å². The third kappa shape index (κ3) is 3.30. The van der Waals surface area contributed by atoms with Crippen molar-refractivity contribution in [2.75, 3.05) is 0 Å². The fourth-order valence-corrected chi connectivity index (χ4v) is 2.42. The molecule has 2 rings (SSSR count). The second kappa shape index (κ2) is 5.82. The minimum atomic E-state index is 0.153. The van der Waals surface area contributed by atoms with Crippen molar-refractivity contribution in [2.45, 2.75) is 44.6 Å². The third-order valence-corrected chi connectivity index (χ3v) is 3.41. The summed E-state index contributed by atoms with van der Waals surface area (Å²) in [5.74, 6) is 0.308. The third-order valence-electron chi connectivity index (χ3n) is 3.41. The van der Waals surface area contributed by atoms with Gasteiger partial charge in [-0.15, -0.1) is 0 Å². The highest BCUT2D eigenvalue weighted by molar-refractivity contribution is 5.80. The first-order valence-electron chi connectivity index (χ1n) is 6.37. The molecular weight excluding hydrogens is 212 g/mol. The molecule has 0 amide bonds. The van der Waals surface area contributed by atoms with E-state index in [1.165, 1.54) is 24.3 Å². The first kappa shape index (κ1) is 12.1. The summed E-state index contributed by atoms with van der Waals surface area (Å²) in [6, 6.07) is 10.0. The summed E-state index contributed by atoms with van der Waals surface area (Å²) in [6.07, 6.45) is 6.12. The molecule has 0 saturated heterocycles. The smallest absolute Gasteiger partial charge is 0.125 e. The molecule has 92 valence electrons. The van der Waals surface area contributed by atoms with Gasteiger partial charge in [-0.25, -0.2) is 5.06 Å². The van der Waals surface area contributed by atoms with Crippen LogP contribution in [0.3, 0.4) is 0 Å². The Labute approximate surface area is 103 Å². The quantitative estimate of drug-likeness (QED) is 0.477. The Morgan fingerprint density at radius 1 is 1.18 bits per heavy atom. The number of benzene rings is 1. The molecule has 0 unspecified atom stereocenters. The first-order chi connectivity index (χ1) is 8.27. The largest absolute Gasteiger partial charge is 0.287 e. The fourth-order valence-electron chi connectivity index (χ4n) is 2.42. The summed E-state index contributed by atoms with van der Waals surface area (Å²) in [7, 11) is 0. The number of hydrogen-bond donors (Lipinski definition) is 2. The summed E-state index contributed by atoms with van der Waals surface area (Å²) in [5.41, 5.74) is 1.08. The molecule has 0 spiro atoms. The standard InChI is InChI=1S/C14H20N2O/c15-14(11-12-7-3-1-4-8-12)16(17)13-9-5-2-6-10-13/h1,3-4,7-8,13,15,17H,2,5-6,9-11H2. The molecule has 3 heteroatoms. The minimum Gasteiger partial charge on any atom is -0.287 e. The molecule has 1 aliphatic rings. The topological polar surface area (TPSA) is 47.3 Å². The van der Waals surface area contributed by atoms with Crippen LogP contribution < -0.4 is 0 Å². The molecule has 0 bridgehead atoms. The molecule has 1 aromatic rings. The normalized spacial score (nSPS) is 16.8. The van der Waals surface area contributed by atoms with E-state index in [4.69, 9.17) is 5.41 Å². The van der Waals surface area contributed by atoms with Gasteiger partial charge in [0.1, 0.15) is 5.84 Å². The first-order valence-corrected chi connectivity index (χ1v) is 6.37. The fraction of sp³-hybridized carbons (Fsp3) is 0.500. The molecule has 2 N–H and O–H groups in total. The Morgan fingerprint density at radius 3 is 2.47 bits per heavy atom. The highest BCUT2D eigenvalue weighted by Gasteiger charge is 2.21. The van der Waals surface area contributed by atoms with Crippen LogP contribution >= 0.6 is 0 Å². The Hall–Kier alpha value is -1.35. The molecule has 1 saturated carbocycles. The van der Waals surface area contributed by atoms with Gasteiger partial charge in [-0.3, -0.25) is 10.6 Å². The summed E-state index contributed by atoms with van der Waals surface area (Å²) >= 11 is 0. The van der Waals surface area contributed by atoms with Crippen molar-refractivity contribution in [3.8, 4) is 0 Å². The molecule has 17 heavy (non-hydrogen) atoms. The van der Waals surface area contributed by atoms with Gasteiger partial charge < -0.3 is 0 Å². The molecule has 0 radical (unpaired) electrons. The van der Waals surface area contributed by atoms with Gasteiger partial charge in [-0.05, 0) is 18.4 Å². The van der Waals surface area contributed by atoms with Gasteiger partial charge >= 0.3 is 0 Å². The van der Waals surface area contributed by atoms with Crippen LogP contribution in [0.4, 0.5) is 0 Å². The van der Waals surface area contributed by atoms with Crippen LogP contribution in [-0.2, 0) is 6.42 Å². The molecule has 1 aliphatic carbocycles. The number of nitrogens with one attached hydrogen (secondary N) is 1. The van der Waals surface area contributed by atoms with E-state index in [0.717, 1.165) is 18.4 Å². The molecule has 3 nitrogen and oxygen atoms in total. The zero-order valence-electron chi connectivity index (χ0n) is 10.1. The van der Waals surface area contributed by atoms with Gasteiger partial charge in [0.2, 0.25) is 0 Å². The van der Waals surface area contributed by atoms with Crippen molar-refractivity contribution in [1.29, 1.82) is 5.41 Å². The van der Waals surface area contributed by atoms with Gasteiger partial charge in [-0.1, -0.05) is 49.6 Å². The van der Waals surface area contributed by atoms with E-state index in [1.807, 2.05) is 30.3 Å². The SMILES string of the molecule is N=C(Cc1ccccc1)N(O)C1CCCCC1. The van der Waals surface area contributed by atoms with Crippen LogP contribution in [-0.4, -0.2) is 22.1 Å². The van der Waals surface area contributed by atoms with Crippen LogP contribution in [0.1, 0.15) is 37.7 Å². The number of amidine groups is 1. The lowest BCUT2D eigenvalue weighted by Gasteiger charge is -2.30. The lowest BCUT2D eigenvalue weighted by Crippen LogP contribution is -2.39. The average Bonchev–Trinajstić information content (AvgIpc) is 2.40. The van der Waals surface area contributed by atoms with E-state index in [-0.39, 0.29) is 6.04 Å². The maximum atomic E-state index is 10.0. The van der Waals surface area contributed by atoms with E-state index < -0.39 is 0 Å². The predicted molar refractivity (Wildman–Crippen MR) is 68.4 cm³/mol. The van der Waals surface area contributed by atoms with Crippen molar-refractivity contribution in [1.82, 2.24) is 5.06 Å². The van der Waals surface area contributed by atoms with E-state index in [9.17, 15) is 5.21 Å². The molecule has 0 heterocycles. The predicted octanol–water partition coefficient (Wildman–Crippen LogP) is 3.23. The van der Waals surface area contributed by atoms with E-state index in [2.05, 4.69) is 0 Å². The maximum absolute atomic E-state index is 10.0. The van der Waals surface area contributed by atoms with Crippen molar-refractivity contribution < 1.29 is 5.21 Å². The molecule has 0 atom stereocenters. The summed E-state index contributed by atoms with van der Waals surface area (Å²) in [6.45, 7) is 0. The van der Waals surface area contributed by atoms with E-state index >= 15 is 0 Å². The van der Waals surface area contributed by atoms with Gasteiger partial charge in [0.25, 0.3) is 0 Å². The minimum absolute atomic E-state index is 0.153. The highest BCUT2D eigenvalue weighted by atomic mass is 16.5. The van der Waals surface area contributed by atoms with Crippen LogP contribution in [0.25, 0.3) is 0 Å². The van der Waals surface area contributed by atoms with Gasteiger partial charge in [0, 0.05) is 6.42 Å². The molecule has 1 fully saturated rings. The highest BCUT2D eigenvalue weighted by Crippen LogP contribution is 2.22. The van der Waals surface area contributed by atoms with Crippen molar-refractivity contribution in [2.24, 2.45) is 0 Å². The zero-order chi connectivity index (χ0) is 12.1. The number of hydrogen-bond acceptors (Lipinski definition) is 2. The monoisotopic (exact) mass is 232 g/mol. The van der Waals surface area contributed by atoms with Gasteiger partial charge in [0.05, 0.1) is 6.04 Å². The summed E-state index contributed by atoms with van der Waals surface area (Å²) < 4.78 is 0. The Morgan fingerprint density at radius 2 is 1.82 bits per heavy atom. The lowest BCUT2D eigenvalue weighted by atomic mass is 9.95. The lowest BCUT2D eigenvalue weighted by molar-refractivity contribution is -0.0665. The second-order valence-electron chi connectivity index (χ2n) is 4.75. The number of nitrogens with zero attached hydrogens (tertiary/aromatic N) is 1. The van der Waals surface area contributed by atoms with Crippen LogP contribution in [0, 0.1) is 5.41 Å². The molecule has 1 aromatic carbocycles. The summed E-state index contributed by atoms with van der Waals surface area (Å²) in [4.78, 5) is 0. The zero-order valence-corrected chi connectivity index (χ0v) is 10.1. The average molecular weight is 232 g/mol. The number of rotatable bonds is 3. The molecule has 0 aliphatic heterocycles. The van der Waals surface area contributed by atoms with E-state index in [0.29, 0.717) is 12.3 Å². The number of hydroxylamine groups is 2. The van der Waals surface area contributed by atoms with Gasteiger partial charge in [0.15, 0.2) is 0 Å². The van der Waals surface area contributed by atoms with Crippen molar-refractivity contribution in [3.63, 3.8) is 0 Å².